The Kier molecular flexibility index (Phi) is 4.18. The molecular weight excluding hydrogens is 232 g/mol. The van der Waals surface area contributed by atoms with Crippen LogP contribution in [0.25, 0.3) is 0 Å². The van der Waals surface area contributed by atoms with Crippen molar-refractivity contribution < 1.29 is 9.53 Å². The Balaban J connectivity index is 1.73. The molecule has 0 radical (unpaired) electrons. The summed E-state index contributed by atoms with van der Waals surface area (Å²) in [6.45, 7) is 0.315. The van der Waals surface area contributed by atoms with E-state index in [1.54, 1.807) is 30.9 Å². The Hall–Kier alpha value is -2.50. The average Bonchev–Trinajstić information content (AvgIpc) is 2.45. The minimum Gasteiger partial charge on any atom is -0.453 e. The summed E-state index contributed by atoms with van der Waals surface area (Å²) in [7, 11) is 0. The molecular formula is C12H12N4O2. The highest BCUT2D eigenvalue weighted by atomic mass is 16.5. The molecule has 6 heteroatoms. The zero-order chi connectivity index (χ0) is 12.6. The largest absolute Gasteiger partial charge is 0.453 e. The number of carbonyl (C=O) groups is 1. The second kappa shape index (κ2) is 6.29. The van der Waals surface area contributed by atoms with Gasteiger partial charge in [0.15, 0.2) is 6.61 Å². The lowest BCUT2D eigenvalue weighted by Crippen LogP contribution is -2.28. The fourth-order valence-electron chi connectivity index (χ4n) is 1.24. The Morgan fingerprint density at radius 3 is 2.78 bits per heavy atom. The van der Waals surface area contributed by atoms with Crippen LogP contribution in [0.2, 0.25) is 0 Å². The first-order valence-electron chi connectivity index (χ1n) is 5.40. The molecule has 2 rings (SSSR count). The summed E-state index contributed by atoms with van der Waals surface area (Å²) in [5, 5.41) is 2.71. The standard InChI is InChI=1S/C12H12N4O2/c17-11(9-18-12-14-5-2-6-15-12)16-8-10-3-1-4-13-7-10/h1-7H,8-9H2,(H,16,17). The van der Waals surface area contributed by atoms with Gasteiger partial charge in [-0.25, -0.2) is 9.97 Å². The molecule has 0 bridgehead atoms. The molecule has 0 atom stereocenters. The van der Waals surface area contributed by atoms with Crippen molar-refractivity contribution in [3.63, 3.8) is 0 Å². The van der Waals surface area contributed by atoms with Gasteiger partial charge in [-0.3, -0.25) is 9.78 Å². The molecule has 0 spiro atoms. The van der Waals surface area contributed by atoms with Crippen molar-refractivity contribution in [1.29, 1.82) is 0 Å². The normalized spacial score (nSPS) is 9.78. The maximum Gasteiger partial charge on any atom is 0.316 e. The molecule has 0 unspecified atom stereocenters. The second-order valence-electron chi connectivity index (χ2n) is 3.46. The quantitative estimate of drug-likeness (QED) is 0.831. The summed E-state index contributed by atoms with van der Waals surface area (Å²) in [4.78, 5) is 23.1. The van der Waals surface area contributed by atoms with Crippen LogP contribution in [0.3, 0.4) is 0 Å². The third-order valence-electron chi connectivity index (χ3n) is 2.09. The number of nitrogens with zero attached hydrogens (tertiary/aromatic N) is 3. The summed E-state index contributed by atoms with van der Waals surface area (Å²) in [5.74, 6) is -0.230. The van der Waals surface area contributed by atoms with E-state index in [0.717, 1.165) is 5.56 Å². The van der Waals surface area contributed by atoms with Gasteiger partial charge in [0, 0.05) is 31.3 Å². The molecule has 2 aromatic heterocycles. The molecule has 0 aliphatic carbocycles. The predicted octanol–water partition coefficient (Wildman–Crippen LogP) is 0.567. The molecule has 6 nitrogen and oxygen atoms in total. The van der Waals surface area contributed by atoms with Crippen molar-refractivity contribution in [1.82, 2.24) is 20.3 Å². The van der Waals surface area contributed by atoms with Gasteiger partial charge in [-0.1, -0.05) is 6.07 Å². The molecule has 0 fully saturated rings. The lowest BCUT2D eigenvalue weighted by molar-refractivity contribution is -0.123. The molecule has 18 heavy (non-hydrogen) atoms. The summed E-state index contributed by atoms with van der Waals surface area (Å²) in [6, 6.07) is 5.56. The van der Waals surface area contributed by atoms with Crippen LogP contribution in [0.4, 0.5) is 0 Å². The van der Waals surface area contributed by atoms with Crippen molar-refractivity contribution in [2.24, 2.45) is 0 Å². The number of pyridine rings is 1. The SMILES string of the molecule is O=C(COc1ncccn1)NCc1cccnc1. The van der Waals surface area contributed by atoms with Crippen LogP contribution >= 0.6 is 0 Å². The van der Waals surface area contributed by atoms with Crippen LogP contribution in [0.15, 0.2) is 43.0 Å². The van der Waals surface area contributed by atoms with Crippen LogP contribution in [0, 0.1) is 0 Å². The van der Waals surface area contributed by atoms with Gasteiger partial charge in [0.05, 0.1) is 0 Å². The topological polar surface area (TPSA) is 77.0 Å². The summed E-state index contributed by atoms with van der Waals surface area (Å²) < 4.78 is 5.11. The predicted molar refractivity (Wildman–Crippen MR) is 63.6 cm³/mol. The second-order valence-corrected chi connectivity index (χ2v) is 3.46. The first-order valence-corrected chi connectivity index (χ1v) is 5.40. The molecule has 0 aliphatic heterocycles. The van der Waals surface area contributed by atoms with Crippen molar-refractivity contribution in [3.05, 3.63) is 48.5 Å². The first kappa shape index (κ1) is 12.0. The third kappa shape index (κ3) is 3.82. The molecule has 2 heterocycles. The van der Waals surface area contributed by atoms with Gasteiger partial charge in [0.1, 0.15) is 0 Å². The number of hydrogen-bond acceptors (Lipinski definition) is 5. The van der Waals surface area contributed by atoms with Crippen molar-refractivity contribution in [2.45, 2.75) is 6.54 Å². The smallest absolute Gasteiger partial charge is 0.316 e. The highest BCUT2D eigenvalue weighted by Gasteiger charge is 2.03. The molecule has 92 valence electrons. The highest BCUT2D eigenvalue weighted by Crippen LogP contribution is 1.97. The Morgan fingerprint density at radius 1 is 1.22 bits per heavy atom. The summed E-state index contributed by atoms with van der Waals surface area (Å²) in [6.07, 6.45) is 6.48. The van der Waals surface area contributed by atoms with Gasteiger partial charge in [0.2, 0.25) is 0 Å². The Morgan fingerprint density at radius 2 is 2.06 bits per heavy atom. The van der Waals surface area contributed by atoms with Crippen LogP contribution < -0.4 is 10.1 Å². The van der Waals surface area contributed by atoms with E-state index in [1.807, 2.05) is 12.1 Å². The highest BCUT2D eigenvalue weighted by molar-refractivity contribution is 5.77. The summed E-state index contributed by atoms with van der Waals surface area (Å²) >= 11 is 0. The molecule has 2 aromatic rings. The third-order valence-corrected chi connectivity index (χ3v) is 2.09. The molecule has 0 aliphatic rings. The van der Waals surface area contributed by atoms with Gasteiger partial charge >= 0.3 is 6.01 Å². The number of amides is 1. The van der Waals surface area contributed by atoms with Gasteiger partial charge in [-0.2, -0.15) is 0 Å². The zero-order valence-electron chi connectivity index (χ0n) is 9.61. The van der Waals surface area contributed by atoms with E-state index in [2.05, 4.69) is 20.3 Å². The van der Waals surface area contributed by atoms with E-state index < -0.39 is 0 Å². The summed E-state index contributed by atoms with van der Waals surface area (Å²) in [5.41, 5.74) is 0.932. The van der Waals surface area contributed by atoms with E-state index in [4.69, 9.17) is 4.74 Å². The Labute approximate surface area is 104 Å². The molecule has 1 N–H and O–H groups in total. The minimum atomic E-state index is -0.230. The van der Waals surface area contributed by atoms with E-state index in [9.17, 15) is 4.79 Å². The minimum absolute atomic E-state index is 0.107. The van der Waals surface area contributed by atoms with Crippen molar-refractivity contribution in [3.8, 4) is 6.01 Å². The van der Waals surface area contributed by atoms with E-state index >= 15 is 0 Å². The van der Waals surface area contributed by atoms with Gasteiger partial charge in [-0.15, -0.1) is 0 Å². The first-order chi connectivity index (χ1) is 8.84. The molecule has 0 aromatic carbocycles. The number of carbonyl (C=O) groups excluding carboxylic acids is 1. The van der Waals surface area contributed by atoms with E-state index in [-0.39, 0.29) is 18.5 Å². The van der Waals surface area contributed by atoms with Crippen LogP contribution in [-0.2, 0) is 11.3 Å². The number of ether oxygens (including phenoxy) is 1. The van der Waals surface area contributed by atoms with Crippen molar-refractivity contribution >= 4 is 5.91 Å². The number of hydrogen-bond donors (Lipinski definition) is 1. The molecule has 0 saturated heterocycles. The van der Waals surface area contributed by atoms with Crippen molar-refractivity contribution in [2.75, 3.05) is 6.61 Å². The van der Waals surface area contributed by atoms with Crippen LogP contribution in [0.5, 0.6) is 6.01 Å². The molecule has 1 amide bonds. The molecule has 0 saturated carbocycles. The van der Waals surface area contributed by atoms with Gasteiger partial charge in [0.25, 0.3) is 5.91 Å². The van der Waals surface area contributed by atoms with Crippen LogP contribution in [-0.4, -0.2) is 27.5 Å². The number of nitrogens with one attached hydrogen (secondary N) is 1. The van der Waals surface area contributed by atoms with E-state index in [1.165, 1.54) is 0 Å². The van der Waals surface area contributed by atoms with Gasteiger partial charge < -0.3 is 10.1 Å². The maximum atomic E-state index is 11.5. The van der Waals surface area contributed by atoms with Crippen LogP contribution in [0.1, 0.15) is 5.56 Å². The average molecular weight is 244 g/mol. The number of rotatable bonds is 5. The monoisotopic (exact) mass is 244 g/mol. The number of aromatic nitrogens is 3. The van der Waals surface area contributed by atoms with Gasteiger partial charge in [-0.05, 0) is 17.7 Å². The lowest BCUT2D eigenvalue weighted by Gasteiger charge is -2.05. The Bertz CT molecular complexity index is 444. The zero-order valence-corrected chi connectivity index (χ0v) is 9.61. The lowest BCUT2D eigenvalue weighted by atomic mass is 10.3. The maximum absolute atomic E-state index is 11.5. The fraction of sp³-hybridized carbons (Fsp3) is 0.167. The van der Waals surface area contributed by atoms with E-state index in [0.29, 0.717) is 6.54 Å². The fourth-order valence-corrected chi connectivity index (χ4v) is 1.24.